The minimum Gasteiger partial charge on any atom is -0.490 e. The highest BCUT2D eigenvalue weighted by molar-refractivity contribution is 6.74. The van der Waals surface area contributed by atoms with Gasteiger partial charge in [0.15, 0.2) is 19.6 Å². The molecule has 1 aromatic carbocycles. The van der Waals surface area contributed by atoms with E-state index in [0.717, 1.165) is 32.1 Å². The van der Waals surface area contributed by atoms with Crippen LogP contribution in [-0.2, 0) is 17.0 Å². The van der Waals surface area contributed by atoms with Gasteiger partial charge in [0, 0.05) is 18.1 Å². The fourth-order valence-corrected chi connectivity index (χ4v) is 5.12. The largest absolute Gasteiger partial charge is 0.490 e. The van der Waals surface area contributed by atoms with E-state index in [1.807, 2.05) is 6.92 Å². The van der Waals surface area contributed by atoms with Crippen molar-refractivity contribution in [2.24, 2.45) is 5.92 Å². The molecule has 0 aliphatic heterocycles. The maximum atomic E-state index is 13.3. The van der Waals surface area contributed by atoms with Crippen LogP contribution in [0, 0.1) is 5.92 Å². The molecule has 2 atom stereocenters. The van der Waals surface area contributed by atoms with E-state index >= 15 is 0 Å². The molecular weight excluding hydrogens is 435 g/mol. The number of hydrogen-bond acceptors (Lipinski definition) is 4. The van der Waals surface area contributed by atoms with Crippen LogP contribution < -0.4 is 4.74 Å². The van der Waals surface area contributed by atoms with Gasteiger partial charge in [0.2, 0.25) is 0 Å². The monoisotopic (exact) mass is 471 g/mol. The summed E-state index contributed by atoms with van der Waals surface area (Å²) in [5, 5.41) is 3.45. The molecule has 32 heavy (non-hydrogen) atoms. The van der Waals surface area contributed by atoms with Crippen LogP contribution in [-0.4, -0.2) is 26.2 Å². The van der Waals surface area contributed by atoms with E-state index in [1.54, 1.807) is 6.07 Å². The molecule has 0 bridgehead atoms. The summed E-state index contributed by atoms with van der Waals surface area (Å²) in [6, 6.07) is 3.08. The summed E-state index contributed by atoms with van der Waals surface area (Å²) in [6.07, 6.45) is 0.927. The van der Waals surface area contributed by atoms with E-state index in [-0.39, 0.29) is 28.0 Å². The molecule has 1 heterocycles. The van der Waals surface area contributed by atoms with Crippen molar-refractivity contribution in [1.29, 1.82) is 0 Å². The summed E-state index contributed by atoms with van der Waals surface area (Å²) < 4.78 is 58.0. The van der Waals surface area contributed by atoms with Gasteiger partial charge in [-0.1, -0.05) is 45.7 Å². The second-order valence-electron chi connectivity index (χ2n) is 10.5. The first-order valence-electron chi connectivity index (χ1n) is 11.6. The summed E-state index contributed by atoms with van der Waals surface area (Å²) in [7, 11) is -1.87. The van der Waals surface area contributed by atoms with Gasteiger partial charge in [-0.05, 0) is 55.9 Å². The fourth-order valence-electron chi connectivity index (χ4n) is 4.06. The van der Waals surface area contributed by atoms with E-state index in [0.29, 0.717) is 24.3 Å². The zero-order valence-electron chi connectivity index (χ0n) is 20.1. The predicted molar refractivity (Wildman–Crippen MR) is 123 cm³/mol. The van der Waals surface area contributed by atoms with Crippen LogP contribution >= 0.6 is 0 Å². The Hall–Kier alpha value is -1.54. The standard InChI is InChI=1S/C24H36F3NO3Si/c1-7-10-17-20(14-13-18-21(17)31-28-22(18)24(25,26)27)30-19-12-9-8-11-16(19)15-29-32(5,6)23(2,3)4/h13-14,16,19H,7-12,15H2,1-6H3/t16-,19?/m1/s1. The molecule has 1 aliphatic rings. The van der Waals surface area contributed by atoms with Crippen LogP contribution in [0.5, 0.6) is 5.75 Å². The van der Waals surface area contributed by atoms with Gasteiger partial charge in [0.1, 0.15) is 11.9 Å². The van der Waals surface area contributed by atoms with Gasteiger partial charge >= 0.3 is 6.18 Å². The molecule has 180 valence electrons. The van der Waals surface area contributed by atoms with Crippen LogP contribution in [0.3, 0.4) is 0 Å². The maximum absolute atomic E-state index is 13.3. The molecule has 3 rings (SSSR count). The zero-order valence-corrected chi connectivity index (χ0v) is 21.1. The highest BCUT2D eigenvalue weighted by atomic mass is 28.4. The van der Waals surface area contributed by atoms with Gasteiger partial charge in [-0.3, -0.25) is 0 Å². The predicted octanol–water partition coefficient (Wildman–Crippen LogP) is 7.76. The lowest BCUT2D eigenvalue weighted by molar-refractivity contribution is -0.141. The molecule has 4 nitrogen and oxygen atoms in total. The number of fused-ring (bicyclic) bond motifs is 1. The summed E-state index contributed by atoms with van der Waals surface area (Å²) in [4.78, 5) is 0. The van der Waals surface area contributed by atoms with Gasteiger partial charge < -0.3 is 13.7 Å². The Bertz CT molecular complexity index is 918. The molecule has 0 saturated heterocycles. The highest BCUT2D eigenvalue weighted by Crippen LogP contribution is 2.41. The number of rotatable bonds is 7. The normalized spacial score (nSPS) is 20.7. The third-order valence-corrected chi connectivity index (χ3v) is 11.6. The first-order chi connectivity index (χ1) is 14.8. The first kappa shape index (κ1) is 25.1. The van der Waals surface area contributed by atoms with Gasteiger partial charge in [0.25, 0.3) is 0 Å². The summed E-state index contributed by atoms with van der Waals surface area (Å²) in [5.41, 5.74) is -0.126. The van der Waals surface area contributed by atoms with Crippen molar-refractivity contribution in [3.05, 3.63) is 23.4 Å². The molecule has 0 radical (unpaired) electrons. The van der Waals surface area contributed by atoms with E-state index in [1.165, 1.54) is 6.07 Å². The topological polar surface area (TPSA) is 44.5 Å². The highest BCUT2D eigenvalue weighted by Gasteiger charge is 2.40. The first-order valence-corrected chi connectivity index (χ1v) is 14.5. The molecular formula is C24H36F3NO3Si. The van der Waals surface area contributed by atoms with E-state index < -0.39 is 20.2 Å². The van der Waals surface area contributed by atoms with Crippen molar-refractivity contribution < 1.29 is 26.9 Å². The Morgan fingerprint density at radius 2 is 1.81 bits per heavy atom. The molecule has 0 spiro atoms. The summed E-state index contributed by atoms with van der Waals surface area (Å²) in [6.45, 7) is 13.8. The van der Waals surface area contributed by atoms with Gasteiger partial charge in [-0.25, -0.2) is 0 Å². The lowest BCUT2D eigenvalue weighted by Gasteiger charge is -2.39. The summed E-state index contributed by atoms with van der Waals surface area (Å²) >= 11 is 0. The van der Waals surface area contributed by atoms with Crippen LogP contribution in [0.4, 0.5) is 13.2 Å². The summed E-state index contributed by atoms with van der Waals surface area (Å²) in [5.74, 6) is 0.872. The van der Waals surface area contributed by atoms with Crippen molar-refractivity contribution in [3.8, 4) is 5.75 Å². The smallest absolute Gasteiger partial charge is 0.437 e. The Kier molecular flexibility index (Phi) is 7.35. The minimum absolute atomic E-state index is 0.00486. The van der Waals surface area contributed by atoms with Crippen molar-refractivity contribution in [3.63, 3.8) is 0 Å². The molecule has 1 aromatic heterocycles. The van der Waals surface area contributed by atoms with Gasteiger partial charge in [0.05, 0.1) is 5.39 Å². The SMILES string of the molecule is CCCc1c(OC2CCCC[C@@H]2CO[Si](C)(C)C(C)(C)C)ccc2c(C(F)(F)F)noc12. The second kappa shape index (κ2) is 9.37. The van der Waals surface area contributed by atoms with Crippen molar-refractivity contribution in [1.82, 2.24) is 5.16 Å². The van der Waals surface area contributed by atoms with E-state index in [9.17, 15) is 13.2 Å². The molecule has 0 N–H and O–H groups in total. The van der Waals surface area contributed by atoms with Gasteiger partial charge in [-0.2, -0.15) is 13.2 Å². The number of benzene rings is 1. The van der Waals surface area contributed by atoms with Crippen LogP contribution in [0.2, 0.25) is 18.1 Å². The Morgan fingerprint density at radius 3 is 2.44 bits per heavy atom. The Morgan fingerprint density at radius 1 is 1.12 bits per heavy atom. The molecule has 8 heteroatoms. The average Bonchev–Trinajstić information content (AvgIpc) is 3.13. The quantitative estimate of drug-likeness (QED) is 0.387. The van der Waals surface area contributed by atoms with E-state index in [4.69, 9.17) is 13.7 Å². The van der Waals surface area contributed by atoms with Crippen LogP contribution in [0.15, 0.2) is 16.7 Å². The number of alkyl halides is 3. The molecule has 2 aromatic rings. The average molecular weight is 472 g/mol. The van der Waals surface area contributed by atoms with Crippen LogP contribution in [0.1, 0.15) is 71.1 Å². The second-order valence-corrected chi connectivity index (χ2v) is 15.3. The zero-order chi connectivity index (χ0) is 23.7. The third kappa shape index (κ3) is 5.33. The van der Waals surface area contributed by atoms with E-state index in [2.05, 4.69) is 39.0 Å². The number of nitrogens with zero attached hydrogens (tertiary/aromatic N) is 1. The molecule has 1 saturated carbocycles. The third-order valence-electron chi connectivity index (χ3n) is 7.05. The maximum Gasteiger partial charge on any atom is 0.437 e. The number of ether oxygens (including phenoxy) is 1. The number of halogens is 3. The molecule has 1 fully saturated rings. The Balaban J connectivity index is 1.85. The molecule has 0 amide bonds. The van der Waals surface area contributed by atoms with Gasteiger partial charge in [-0.15, -0.1) is 0 Å². The molecule has 1 aliphatic carbocycles. The van der Waals surface area contributed by atoms with Crippen molar-refractivity contribution in [2.75, 3.05) is 6.61 Å². The fraction of sp³-hybridized carbons (Fsp3) is 0.708. The molecule has 1 unspecified atom stereocenters. The van der Waals surface area contributed by atoms with Crippen molar-refractivity contribution >= 4 is 19.3 Å². The Labute approximate surface area is 190 Å². The number of hydrogen-bond donors (Lipinski definition) is 0. The van der Waals surface area contributed by atoms with Crippen LogP contribution in [0.25, 0.3) is 11.0 Å². The number of aromatic nitrogens is 1. The lowest BCUT2D eigenvalue weighted by atomic mass is 9.87. The van der Waals surface area contributed by atoms with Crippen molar-refractivity contribution in [2.45, 2.75) is 96.6 Å². The number of aryl methyl sites for hydroxylation is 1. The minimum atomic E-state index is -4.55. The lowest BCUT2D eigenvalue weighted by Crippen LogP contribution is -2.44.